The van der Waals surface area contributed by atoms with Gasteiger partial charge in [0.25, 0.3) is 5.91 Å². The second kappa shape index (κ2) is 8.63. The molecule has 2 aromatic heterocycles. The van der Waals surface area contributed by atoms with Crippen molar-refractivity contribution in [3.63, 3.8) is 0 Å². The molecule has 3 N–H and O–H groups in total. The summed E-state index contributed by atoms with van der Waals surface area (Å²) in [4.78, 5) is 16.8. The highest BCUT2D eigenvalue weighted by Crippen LogP contribution is 2.21. The number of pyridine rings is 1. The van der Waals surface area contributed by atoms with Crippen molar-refractivity contribution in [2.24, 2.45) is 0 Å². The fourth-order valence-corrected chi connectivity index (χ4v) is 3.30. The van der Waals surface area contributed by atoms with Gasteiger partial charge in [-0.25, -0.2) is 14.1 Å². The highest BCUT2D eigenvalue weighted by molar-refractivity contribution is 5.94. The SMILES string of the molecule is N#Cc1c(CCCNC(=O)c2ccc3ccccc3n2)nn(-c2ccc(F)cc2)c1N. The number of para-hydroxylation sites is 1. The first-order valence-electron chi connectivity index (χ1n) is 9.74. The fourth-order valence-electron chi connectivity index (χ4n) is 3.30. The number of nitrogens with two attached hydrogens (primary N) is 1. The largest absolute Gasteiger partial charge is 0.382 e. The molecule has 2 aromatic carbocycles. The maximum absolute atomic E-state index is 13.2. The lowest BCUT2D eigenvalue weighted by molar-refractivity contribution is 0.0948. The molecule has 0 spiro atoms. The Labute approximate surface area is 177 Å². The number of nitrogen functional groups attached to an aromatic ring is 1. The zero-order chi connectivity index (χ0) is 21.8. The van der Waals surface area contributed by atoms with Crippen LogP contribution in [0.1, 0.15) is 28.2 Å². The zero-order valence-corrected chi connectivity index (χ0v) is 16.5. The summed E-state index contributed by atoms with van der Waals surface area (Å²) in [5.41, 5.74) is 8.55. The number of fused-ring (bicyclic) bond motifs is 1. The van der Waals surface area contributed by atoms with E-state index in [1.807, 2.05) is 30.3 Å². The molecule has 2 heterocycles. The zero-order valence-electron chi connectivity index (χ0n) is 16.5. The Morgan fingerprint density at radius 2 is 1.90 bits per heavy atom. The molecule has 0 aliphatic carbocycles. The average Bonchev–Trinajstić information content (AvgIpc) is 3.11. The summed E-state index contributed by atoms with van der Waals surface area (Å²) in [6, 6.07) is 18.9. The van der Waals surface area contributed by atoms with Crippen molar-refractivity contribution in [1.29, 1.82) is 5.26 Å². The maximum atomic E-state index is 13.2. The number of rotatable bonds is 6. The molecular formula is C23H19FN6O. The number of anilines is 1. The van der Waals surface area contributed by atoms with Crippen LogP contribution in [0.3, 0.4) is 0 Å². The fraction of sp³-hybridized carbons (Fsp3) is 0.130. The van der Waals surface area contributed by atoms with E-state index in [1.165, 1.54) is 16.8 Å². The number of nitrogens with zero attached hydrogens (tertiary/aromatic N) is 4. The van der Waals surface area contributed by atoms with E-state index in [0.717, 1.165) is 10.9 Å². The van der Waals surface area contributed by atoms with E-state index in [9.17, 15) is 14.4 Å². The summed E-state index contributed by atoms with van der Waals surface area (Å²) in [6.45, 7) is 0.390. The molecule has 0 saturated heterocycles. The minimum Gasteiger partial charge on any atom is -0.382 e. The van der Waals surface area contributed by atoms with E-state index >= 15 is 0 Å². The van der Waals surface area contributed by atoms with Crippen molar-refractivity contribution in [2.45, 2.75) is 12.8 Å². The molecule has 1 amide bonds. The third kappa shape index (κ3) is 4.21. The Kier molecular flexibility index (Phi) is 5.58. The number of nitrogens with one attached hydrogen (secondary N) is 1. The molecule has 0 aliphatic heterocycles. The van der Waals surface area contributed by atoms with Crippen LogP contribution in [0.25, 0.3) is 16.6 Å². The smallest absolute Gasteiger partial charge is 0.269 e. The van der Waals surface area contributed by atoms with Gasteiger partial charge in [-0.3, -0.25) is 4.79 Å². The normalized spacial score (nSPS) is 10.7. The highest BCUT2D eigenvalue weighted by atomic mass is 19.1. The van der Waals surface area contributed by atoms with Gasteiger partial charge in [0.1, 0.15) is 29.0 Å². The van der Waals surface area contributed by atoms with E-state index in [2.05, 4.69) is 21.5 Å². The second-order valence-electron chi connectivity index (χ2n) is 6.96. The molecule has 4 rings (SSSR count). The Bertz CT molecular complexity index is 1290. The van der Waals surface area contributed by atoms with Crippen LogP contribution in [0.5, 0.6) is 0 Å². The van der Waals surface area contributed by atoms with Gasteiger partial charge in [0, 0.05) is 11.9 Å². The molecule has 0 atom stereocenters. The van der Waals surface area contributed by atoms with Gasteiger partial charge in [-0.2, -0.15) is 10.4 Å². The quantitative estimate of drug-likeness (QED) is 0.470. The van der Waals surface area contributed by atoms with Crippen LogP contribution in [-0.4, -0.2) is 27.2 Å². The van der Waals surface area contributed by atoms with Crippen LogP contribution in [-0.2, 0) is 6.42 Å². The number of carbonyl (C=O) groups is 1. The first-order chi connectivity index (χ1) is 15.1. The van der Waals surface area contributed by atoms with Crippen LogP contribution in [0.4, 0.5) is 10.2 Å². The molecule has 0 fully saturated rings. The molecule has 154 valence electrons. The standard InChI is InChI=1S/C23H19FN6O/c24-16-8-10-17(11-9-16)30-22(26)18(14-25)20(29-30)6-3-13-27-23(31)21-12-7-15-4-1-2-5-19(15)28-21/h1-2,4-5,7-12H,3,6,13,26H2,(H,27,31). The predicted octanol–water partition coefficient (Wildman–Crippen LogP) is 3.38. The molecule has 0 radical (unpaired) electrons. The highest BCUT2D eigenvalue weighted by Gasteiger charge is 2.16. The number of benzene rings is 2. The van der Waals surface area contributed by atoms with Crippen molar-refractivity contribution in [2.75, 3.05) is 12.3 Å². The summed E-state index contributed by atoms with van der Waals surface area (Å²) < 4.78 is 14.6. The first-order valence-corrected chi connectivity index (χ1v) is 9.74. The number of nitriles is 1. The van der Waals surface area contributed by atoms with Gasteiger partial charge >= 0.3 is 0 Å². The van der Waals surface area contributed by atoms with Crippen LogP contribution in [0.15, 0.2) is 60.7 Å². The summed E-state index contributed by atoms with van der Waals surface area (Å²) in [6.07, 6.45) is 1.01. The van der Waals surface area contributed by atoms with Crippen LogP contribution in [0, 0.1) is 17.1 Å². The van der Waals surface area contributed by atoms with Gasteiger partial charge in [-0.1, -0.05) is 24.3 Å². The van der Waals surface area contributed by atoms with Crippen molar-refractivity contribution in [3.05, 3.63) is 83.4 Å². The minimum atomic E-state index is -0.369. The lowest BCUT2D eigenvalue weighted by Crippen LogP contribution is -2.25. The van der Waals surface area contributed by atoms with E-state index in [-0.39, 0.29) is 23.1 Å². The number of aryl methyl sites for hydroxylation is 1. The predicted molar refractivity (Wildman–Crippen MR) is 115 cm³/mol. The van der Waals surface area contributed by atoms with Gasteiger partial charge in [0.05, 0.1) is 16.9 Å². The number of hydrogen-bond donors (Lipinski definition) is 2. The Morgan fingerprint density at radius 1 is 1.13 bits per heavy atom. The Hall–Kier alpha value is -4.25. The summed E-state index contributed by atoms with van der Waals surface area (Å²) in [5.74, 6) is -0.428. The molecule has 8 heteroatoms. The molecule has 4 aromatic rings. The first kappa shape index (κ1) is 20.0. The van der Waals surface area contributed by atoms with Crippen molar-refractivity contribution < 1.29 is 9.18 Å². The third-order valence-electron chi connectivity index (χ3n) is 4.88. The Morgan fingerprint density at radius 3 is 2.68 bits per heavy atom. The van der Waals surface area contributed by atoms with E-state index in [4.69, 9.17) is 5.73 Å². The lowest BCUT2D eigenvalue weighted by Gasteiger charge is -2.05. The molecule has 7 nitrogen and oxygen atoms in total. The molecular weight excluding hydrogens is 395 g/mol. The van der Waals surface area contributed by atoms with Gasteiger partial charge in [-0.05, 0) is 49.2 Å². The molecule has 0 aliphatic rings. The molecule has 0 unspecified atom stereocenters. The van der Waals surface area contributed by atoms with Gasteiger partial charge < -0.3 is 11.1 Å². The van der Waals surface area contributed by atoms with Crippen molar-refractivity contribution in [1.82, 2.24) is 20.1 Å². The van der Waals surface area contributed by atoms with Crippen molar-refractivity contribution in [3.8, 4) is 11.8 Å². The number of aromatic nitrogens is 3. The Balaban J connectivity index is 1.40. The number of halogens is 1. The molecule has 0 saturated carbocycles. The van der Waals surface area contributed by atoms with Gasteiger partial charge in [-0.15, -0.1) is 0 Å². The monoisotopic (exact) mass is 414 g/mol. The lowest BCUT2D eigenvalue weighted by atomic mass is 10.1. The van der Waals surface area contributed by atoms with Crippen LogP contribution >= 0.6 is 0 Å². The minimum absolute atomic E-state index is 0.202. The third-order valence-corrected chi connectivity index (χ3v) is 4.88. The average molecular weight is 414 g/mol. The molecule has 0 bridgehead atoms. The summed E-state index contributed by atoms with van der Waals surface area (Å²) >= 11 is 0. The van der Waals surface area contributed by atoms with Crippen LogP contribution < -0.4 is 11.1 Å². The van der Waals surface area contributed by atoms with Gasteiger partial charge in [0.15, 0.2) is 0 Å². The van der Waals surface area contributed by atoms with Gasteiger partial charge in [0.2, 0.25) is 0 Å². The number of hydrogen-bond acceptors (Lipinski definition) is 5. The topological polar surface area (TPSA) is 110 Å². The van der Waals surface area contributed by atoms with E-state index in [0.29, 0.717) is 36.5 Å². The summed E-state index contributed by atoms with van der Waals surface area (Å²) in [7, 11) is 0. The maximum Gasteiger partial charge on any atom is 0.269 e. The van der Waals surface area contributed by atoms with E-state index in [1.54, 1.807) is 18.2 Å². The van der Waals surface area contributed by atoms with E-state index < -0.39 is 0 Å². The summed E-state index contributed by atoms with van der Waals surface area (Å²) in [5, 5.41) is 17.7. The molecule has 31 heavy (non-hydrogen) atoms. The van der Waals surface area contributed by atoms with Crippen molar-refractivity contribution >= 4 is 22.6 Å². The number of carbonyl (C=O) groups excluding carboxylic acids is 1. The van der Waals surface area contributed by atoms with Crippen LogP contribution in [0.2, 0.25) is 0 Å². The second-order valence-corrected chi connectivity index (χ2v) is 6.96. The number of amides is 1.